The number of anilines is 3. The van der Waals surface area contributed by atoms with E-state index in [1.54, 1.807) is 4.57 Å². The molecule has 1 aromatic heterocycles. The minimum absolute atomic E-state index is 0.0223. The van der Waals surface area contributed by atoms with E-state index in [-0.39, 0.29) is 62.2 Å². The topological polar surface area (TPSA) is 17.4 Å². The predicted octanol–water partition coefficient (Wildman–Crippen LogP) is 20.1. The molecule has 3 aliphatic heterocycles. The molecule has 0 aliphatic carbocycles. The lowest BCUT2D eigenvalue weighted by atomic mass is 9.29. The summed E-state index contributed by atoms with van der Waals surface area (Å²) in [6, 6.07) is 65.1. The van der Waals surface area contributed by atoms with Crippen LogP contribution in [-0.4, -0.2) is 11.3 Å². The van der Waals surface area contributed by atoms with Crippen LogP contribution in [0.1, 0.15) is 139 Å². The van der Waals surface area contributed by atoms with Crippen molar-refractivity contribution in [3.05, 3.63) is 281 Å². The number of hydrogen-bond acceptors (Lipinski definition) is 2. The summed E-state index contributed by atoms with van der Waals surface area (Å²) in [6.45, 7) is 26.9. The molecule has 0 bridgehead atoms. The Labute approximate surface area is 526 Å². The molecule has 3 aliphatic rings. The van der Waals surface area contributed by atoms with Crippen LogP contribution in [0, 0.1) is 0 Å². The van der Waals surface area contributed by atoms with Crippen molar-refractivity contribution in [2.75, 3.05) is 4.90 Å². The first-order chi connectivity index (χ1) is 45.0. The van der Waals surface area contributed by atoms with Crippen molar-refractivity contribution < 1.29 is 15.7 Å². The van der Waals surface area contributed by atoms with Crippen LogP contribution in [0.25, 0.3) is 60.9 Å². The second kappa shape index (κ2) is 19.4. The largest absolute Gasteiger partial charge is 0.457 e. The van der Waals surface area contributed by atoms with E-state index in [9.17, 15) is 8.22 Å². The average molecular weight is 1140 g/mol. The molecule has 4 heteroatoms. The van der Waals surface area contributed by atoms with Crippen molar-refractivity contribution in [1.29, 1.82) is 0 Å². The summed E-state index contributed by atoms with van der Waals surface area (Å²) in [5.41, 5.74) is 19.6. The van der Waals surface area contributed by atoms with Gasteiger partial charge in [0.05, 0.1) is 33.1 Å². The summed E-state index contributed by atoms with van der Waals surface area (Å²) in [4.78, 5) is 2.47. The number of aromatic nitrogens is 1. The molecule has 0 fully saturated rings. The standard InChI is InChI=1S/C83H75BN2O/c1-79(2,3)56-43-55(44-57(46-56)80(4,5)6)54-39-41-65-70(45-54)84-69-42-40-60(85-71-35-23-19-31-61(71)62-32-20-24-36-72(62)85)51-73(69)86(78-63(52-27-15-13-16-28-52)47-58(81(7,8)9)48-64(78)53-29-17-14-18-30-53)74-50-59(82(10,11)12)49-68(77(74)84)83(65)66-33-21-25-37-75(66)87-76-38-26-22-34-67(76)83/h13-51H,1-12H3/i19D,20D,23D,24D,31D,32D,35D,36D. The van der Waals surface area contributed by atoms with Crippen LogP contribution in [0.3, 0.4) is 0 Å². The molecule has 0 amide bonds. The molecule has 11 aromatic carbocycles. The van der Waals surface area contributed by atoms with E-state index in [0.29, 0.717) is 5.69 Å². The quantitative estimate of drug-likeness (QED) is 0.160. The van der Waals surface area contributed by atoms with E-state index >= 15 is 0 Å². The molecule has 0 N–H and O–H groups in total. The molecule has 12 aromatic rings. The summed E-state index contributed by atoms with van der Waals surface area (Å²) in [5.74, 6) is 1.55. The van der Waals surface area contributed by atoms with Crippen LogP contribution in [0.5, 0.6) is 11.5 Å². The van der Waals surface area contributed by atoms with E-state index < -0.39 is 41.7 Å². The van der Waals surface area contributed by atoms with Gasteiger partial charge in [0.1, 0.15) is 11.5 Å². The molecular formula is C83H75BN2O. The van der Waals surface area contributed by atoms with Gasteiger partial charge >= 0.3 is 0 Å². The van der Waals surface area contributed by atoms with Crippen LogP contribution in [0.15, 0.2) is 236 Å². The van der Waals surface area contributed by atoms with E-state index in [0.717, 1.165) is 112 Å². The van der Waals surface area contributed by atoms with Crippen LogP contribution in [-0.2, 0) is 27.1 Å². The molecule has 87 heavy (non-hydrogen) atoms. The number of hydrogen-bond donors (Lipinski definition) is 0. The third-order valence-electron chi connectivity index (χ3n) is 18.8. The second-order valence-electron chi connectivity index (χ2n) is 28.3. The highest BCUT2D eigenvalue weighted by molar-refractivity contribution is 6.99. The van der Waals surface area contributed by atoms with Gasteiger partial charge in [-0.05, 0) is 143 Å². The number of fused-ring (bicyclic) bond motifs is 13. The Bertz CT molecular complexity index is 5040. The van der Waals surface area contributed by atoms with Gasteiger partial charge in [-0.3, -0.25) is 0 Å². The highest BCUT2D eigenvalue weighted by atomic mass is 16.5. The summed E-state index contributed by atoms with van der Waals surface area (Å²) >= 11 is 0. The first-order valence-electron chi connectivity index (χ1n) is 34.6. The highest BCUT2D eigenvalue weighted by Gasteiger charge is 2.55. The molecule has 1 spiro atoms. The maximum absolute atomic E-state index is 9.77. The van der Waals surface area contributed by atoms with Gasteiger partial charge in [0.15, 0.2) is 0 Å². The van der Waals surface area contributed by atoms with E-state index in [4.69, 9.17) is 7.48 Å². The van der Waals surface area contributed by atoms with Gasteiger partial charge in [-0.25, -0.2) is 0 Å². The lowest BCUT2D eigenvalue weighted by molar-refractivity contribution is 0.435. The molecule has 0 saturated carbocycles. The maximum Gasteiger partial charge on any atom is 0.247 e. The monoisotopic (exact) mass is 1130 g/mol. The Morgan fingerprint density at radius 1 is 0.391 bits per heavy atom. The van der Waals surface area contributed by atoms with Crippen molar-refractivity contribution in [3.8, 4) is 50.6 Å². The molecule has 4 heterocycles. The smallest absolute Gasteiger partial charge is 0.247 e. The van der Waals surface area contributed by atoms with Crippen LogP contribution < -0.4 is 26.0 Å². The summed E-state index contributed by atoms with van der Waals surface area (Å²) in [7, 11) is 0. The van der Waals surface area contributed by atoms with Gasteiger partial charge in [0.2, 0.25) is 6.71 Å². The van der Waals surface area contributed by atoms with E-state index in [2.05, 4.69) is 270 Å². The van der Waals surface area contributed by atoms with Gasteiger partial charge in [0, 0.05) is 50.1 Å². The number of rotatable bonds is 5. The van der Waals surface area contributed by atoms with Crippen molar-refractivity contribution in [2.24, 2.45) is 0 Å². The Morgan fingerprint density at radius 3 is 1.43 bits per heavy atom. The van der Waals surface area contributed by atoms with E-state index in [1.807, 2.05) is 6.07 Å². The Morgan fingerprint density at radius 2 is 0.885 bits per heavy atom. The second-order valence-corrected chi connectivity index (χ2v) is 28.3. The first-order valence-corrected chi connectivity index (χ1v) is 30.6. The number of benzene rings is 11. The zero-order chi connectivity index (χ0) is 67.1. The normalized spacial score (nSPS) is 15.4. The molecule has 426 valence electrons. The minimum atomic E-state index is -0.954. The SMILES string of the molecule is [2H]c1c([2H])c([2H])c2c(c1[2H])c1c([2H])c([2H])c([2H])c([2H])c1n2-c1ccc2c(c1)N(c1c(-c3ccccc3)cc(C(C)(C)C)cc1-c1ccccc1)c1cc(C(C)(C)C)cc3c1B2c1cc(-c2cc(C(C)(C)C)cc(C(C)(C)C)c2)ccc1C31c2ccccc2Oc2ccccc21. The predicted molar refractivity (Wildman–Crippen MR) is 370 cm³/mol. The number of nitrogens with zero attached hydrogens (tertiary/aromatic N) is 2. The van der Waals surface area contributed by atoms with E-state index in [1.165, 1.54) is 11.1 Å². The fourth-order valence-electron chi connectivity index (χ4n) is 14.2. The third-order valence-corrected chi connectivity index (χ3v) is 18.8. The summed E-state index contributed by atoms with van der Waals surface area (Å²) < 4.78 is 83.7. The van der Waals surface area contributed by atoms with Gasteiger partial charge in [-0.2, -0.15) is 0 Å². The van der Waals surface area contributed by atoms with Gasteiger partial charge in [0.25, 0.3) is 0 Å². The molecule has 3 nitrogen and oxygen atoms in total. The number of ether oxygens (including phenoxy) is 1. The fraction of sp³-hybridized carbons (Fsp3) is 0.205. The summed E-state index contributed by atoms with van der Waals surface area (Å²) in [5, 5.41) is 0.0446. The Balaban J connectivity index is 1.18. The highest BCUT2D eigenvalue weighted by Crippen LogP contribution is 2.59. The lowest BCUT2D eigenvalue weighted by Gasteiger charge is -2.51. The minimum Gasteiger partial charge on any atom is -0.457 e. The average Bonchev–Trinajstić information content (AvgIpc) is 1.07. The molecule has 0 unspecified atom stereocenters. The first kappa shape index (κ1) is 46.1. The van der Waals surface area contributed by atoms with Gasteiger partial charge in [-0.1, -0.05) is 270 Å². The molecule has 0 atom stereocenters. The van der Waals surface area contributed by atoms with Gasteiger partial charge in [-0.15, -0.1) is 0 Å². The van der Waals surface area contributed by atoms with Crippen LogP contribution in [0.2, 0.25) is 0 Å². The lowest BCUT2D eigenvalue weighted by Crippen LogP contribution is -2.65. The van der Waals surface area contributed by atoms with Crippen molar-refractivity contribution in [3.63, 3.8) is 0 Å². The van der Waals surface area contributed by atoms with Crippen molar-refractivity contribution in [2.45, 2.75) is 110 Å². The molecular weight excluding hydrogens is 1050 g/mol. The zero-order valence-corrected chi connectivity index (χ0v) is 51.8. The Kier molecular flexibility index (Phi) is 10.3. The maximum atomic E-state index is 9.77. The Hall–Kier alpha value is -9.12. The van der Waals surface area contributed by atoms with Crippen molar-refractivity contribution >= 4 is 62.0 Å². The fourth-order valence-corrected chi connectivity index (χ4v) is 14.2. The molecule has 0 saturated heterocycles. The van der Waals surface area contributed by atoms with Gasteiger partial charge < -0.3 is 14.2 Å². The number of para-hydroxylation sites is 4. The van der Waals surface area contributed by atoms with Crippen LogP contribution >= 0.6 is 0 Å². The molecule has 15 rings (SSSR count). The van der Waals surface area contributed by atoms with Crippen LogP contribution in [0.4, 0.5) is 17.1 Å². The van der Waals surface area contributed by atoms with Crippen molar-refractivity contribution in [1.82, 2.24) is 4.57 Å². The third kappa shape index (κ3) is 8.53. The zero-order valence-electron chi connectivity index (χ0n) is 59.8. The molecule has 0 radical (unpaired) electrons. The summed E-state index contributed by atoms with van der Waals surface area (Å²) in [6.07, 6.45) is 0.